The first-order valence-corrected chi connectivity index (χ1v) is 7.40. The number of piperazine rings is 1. The van der Waals surface area contributed by atoms with Gasteiger partial charge in [0.25, 0.3) is 0 Å². The Bertz CT molecular complexity index is 359. The fourth-order valence-electron chi connectivity index (χ4n) is 3.07. The van der Waals surface area contributed by atoms with Gasteiger partial charge in [0.15, 0.2) is 0 Å². The minimum absolute atomic E-state index is 0.204. The quantitative estimate of drug-likeness (QED) is 0.717. The van der Waals surface area contributed by atoms with Gasteiger partial charge in [-0.3, -0.25) is 14.5 Å². The van der Waals surface area contributed by atoms with Crippen molar-refractivity contribution in [1.82, 2.24) is 15.1 Å². The van der Waals surface area contributed by atoms with Gasteiger partial charge in [-0.15, -0.1) is 0 Å². The molecule has 0 aliphatic carbocycles. The van der Waals surface area contributed by atoms with E-state index in [1.165, 1.54) is 7.11 Å². The third-order valence-electron chi connectivity index (χ3n) is 4.61. The van der Waals surface area contributed by atoms with E-state index in [0.717, 1.165) is 39.0 Å². The average molecular weight is 283 g/mol. The first-order valence-electron chi connectivity index (χ1n) is 7.40. The van der Waals surface area contributed by atoms with Gasteiger partial charge in [-0.25, -0.2) is 0 Å². The SMILES string of the molecule is CCC1(C(=O)N2CCN(CC(=O)OC)CC2)CCNC1. The molecule has 0 bridgehead atoms. The van der Waals surface area contributed by atoms with Crippen LogP contribution in [0.3, 0.4) is 0 Å². The van der Waals surface area contributed by atoms with Crippen LogP contribution < -0.4 is 5.32 Å². The zero-order valence-corrected chi connectivity index (χ0v) is 12.5. The van der Waals surface area contributed by atoms with E-state index >= 15 is 0 Å². The predicted octanol–water partition coefficient (Wildman–Crippen LogP) is -0.307. The molecule has 114 valence electrons. The molecule has 20 heavy (non-hydrogen) atoms. The molecule has 1 amide bonds. The summed E-state index contributed by atoms with van der Waals surface area (Å²) in [7, 11) is 1.40. The maximum atomic E-state index is 12.7. The molecule has 2 aliphatic rings. The van der Waals surface area contributed by atoms with Crippen molar-refractivity contribution in [2.75, 3.05) is 52.9 Å². The first-order chi connectivity index (χ1) is 9.61. The minimum Gasteiger partial charge on any atom is -0.468 e. The van der Waals surface area contributed by atoms with Gasteiger partial charge in [-0.1, -0.05) is 6.92 Å². The molecule has 0 saturated carbocycles. The lowest BCUT2D eigenvalue weighted by molar-refractivity contribution is -0.145. The average Bonchev–Trinajstić information content (AvgIpc) is 2.97. The van der Waals surface area contributed by atoms with Gasteiger partial charge in [-0.2, -0.15) is 0 Å². The van der Waals surface area contributed by atoms with Crippen molar-refractivity contribution in [3.63, 3.8) is 0 Å². The number of carbonyl (C=O) groups excluding carboxylic acids is 2. The minimum atomic E-state index is -0.213. The predicted molar refractivity (Wildman–Crippen MR) is 75.2 cm³/mol. The zero-order valence-electron chi connectivity index (χ0n) is 12.5. The first kappa shape index (κ1) is 15.3. The number of ether oxygens (including phenoxy) is 1. The van der Waals surface area contributed by atoms with Gasteiger partial charge in [0.1, 0.15) is 0 Å². The fraction of sp³-hybridized carbons (Fsp3) is 0.857. The van der Waals surface area contributed by atoms with Gasteiger partial charge in [0, 0.05) is 32.7 Å². The molecule has 0 aromatic carbocycles. The lowest BCUT2D eigenvalue weighted by atomic mass is 9.82. The Morgan fingerprint density at radius 2 is 1.95 bits per heavy atom. The second kappa shape index (κ2) is 6.54. The molecule has 6 nitrogen and oxygen atoms in total. The highest BCUT2D eigenvalue weighted by atomic mass is 16.5. The van der Waals surface area contributed by atoms with Crippen LogP contribution >= 0.6 is 0 Å². The van der Waals surface area contributed by atoms with Crippen molar-refractivity contribution in [3.8, 4) is 0 Å². The number of methoxy groups -OCH3 is 1. The van der Waals surface area contributed by atoms with Crippen LogP contribution in [0.1, 0.15) is 19.8 Å². The van der Waals surface area contributed by atoms with Gasteiger partial charge in [0.05, 0.1) is 19.1 Å². The van der Waals surface area contributed by atoms with Gasteiger partial charge in [0.2, 0.25) is 5.91 Å². The summed E-state index contributed by atoms with van der Waals surface area (Å²) < 4.78 is 4.67. The highest BCUT2D eigenvalue weighted by Crippen LogP contribution is 2.32. The summed E-state index contributed by atoms with van der Waals surface area (Å²) >= 11 is 0. The van der Waals surface area contributed by atoms with Crippen LogP contribution in [0.25, 0.3) is 0 Å². The molecular weight excluding hydrogens is 258 g/mol. The van der Waals surface area contributed by atoms with Crippen molar-refractivity contribution in [3.05, 3.63) is 0 Å². The lowest BCUT2D eigenvalue weighted by Gasteiger charge is -2.39. The molecule has 0 aromatic heterocycles. The summed E-state index contributed by atoms with van der Waals surface area (Å²) in [6.45, 7) is 7.04. The summed E-state index contributed by atoms with van der Waals surface area (Å²) in [5.41, 5.74) is -0.204. The maximum absolute atomic E-state index is 12.7. The van der Waals surface area contributed by atoms with Crippen LogP contribution in [0.5, 0.6) is 0 Å². The van der Waals surface area contributed by atoms with Crippen LogP contribution in [0.4, 0.5) is 0 Å². The Labute approximate surface area is 120 Å². The fourth-order valence-corrected chi connectivity index (χ4v) is 3.07. The molecule has 1 unspecified atom stereocenters. The van der Waals surface area contributed by atoms with E-state index in [0.29, 0.717) is 19.6 Å². The number of hydrogen-bond acceptors (Lipinski definition) is 5. The second-order valence-electron chi connectivity index (χ2n) is 5.71. The largest absolute Gasteiger partial charge is 0.468 e. The van der Waals surface area contributed by atoms with Crippen LogP contribution in [0.2, 0.25) is 0 Å². The number of hydrogen-bond donors (Lipinski definition) is 1. The number of nitrogens with one attached hydrogen (secondary N) is 1. The Balaban J connectivity index is 1.87. The van der Waals surface area contributed by atoms with E-state index in [4.69, 9.17) is 0 Å². The van der Waals surface area contributed by atoms with Crippen molar-refractivity contribution in [2.24, 2.45) is 5.41 Å². The van der Waals surface area contributed by atoms with Gasteiger partial charge < -0.3 is 15.0 Å². The number of nitrogens with zero attached hydrogens (tertiary/aromatic N) is 2. The van der Waals surface area contributed by atoms with E-state index in [-0.39, 0.29) is 17.3 Å². The van der Waals surface area contributed by atoms with Gasteiger partial charge in [-0.05, 0) is 19.4 Å². The molecular formula is C14H25N3O3. The van der Waals surface area contributed by atoms with Crippen molar-refractivity contribution in [2.45, 2.75) is 19.8 Å². The highest BCUT2D eigenvalue weighted by molar-refractivity contribution is 5.83. The van der Waals surface area contributed by atoms with E-state index in [9.17, 15) is 9.59 Å². The summed E-state index contributed by atoms with van der Waals surface area (Å²) in [5.74, 6) is 0.0671. The Morgan fingerprint density at radius 1 is 1.25 bits per heavy atom. The normalized spacial score (nSPS) is 27.6. The molecule has 1 atom stereocenters. The molecule has 1 N–H and O–H groups in total. The Hall–Kier alpha value is -1.14. The molecule has 2 rings (SSSR count). The summed E-state index contributed by atoms with van der Waals surface area (Å²) in [4.78, 5) is 28.0. The highest BCUT2D eigenvalue weighted by Gasteiger charge is 2.42. The third-order valence-corrected chi connectivity index (χ3v) is 4.61. The number of rotatable bonds is 4. The topological polar surface area (TPSA) is 61.9 Å². The zero-order chi connectivity index (χ0) is 14.6. The van der Waals surface area contributed by atoms with Gasteiger partial charge >= 0.3 is 5.97 Å². The van der Waals surface area contributed by atoms with Crippen LogP contribution in [-0.2, 0) is 14.3 Å². The molecule has 6 heteroatoms. The molecule has 2 aliphatic heterocycles. The number of esters is 1. The third kappa shape index (κ3) is 3.12. The van der Waals surface area contributed by atoms with Crippen LogP contribution in [0.15, 0.2) is 0 Å². The van der Waals surface area contributed by atoms with Crippen LogP contribution in [-0.4, -0.2) is 74.6 Å². The lowest BCUT2D eigenvalue weighted by Crippen LogP contribution is -2.54. The van der Waals surface area contributed by atoms with E-state index in [1.54, 1.807) is 0 Å². The van der Waals surface area contributed by atoms with Crippen molar-refractivity contribution in [1.29, 1.82) is 0 Å². The maximum Gasteiger partial charge on any atom is 0.319 e. The van der Waals surface area contributed by atoms with E-state index < -0.39 is 0 Å². The number of carbonyl (C=O) groups is 2. The molecule has 0 spiro atoms. The second-order valence-corrected chi connectivity index (χ2v) is 5.71. The molecule has 0 aromatic rings. The summed E-state index contributed by atoms with van der Waals surface area (Å²) in [5, 5.41) is 3.31. The number of amides is 1. The summed E-state index contributed by atoms with van der Waals surface area (Å²) in [6.07, 6.45) is 1.83. The Kier molecular flexibility index (Phi) is 4.99. The molecule has 2 heterocycles. The van der Waals surface area contributed by atoms with Crippen molar-refractivity contribution >= 4 is 11.9 Å². The van der Waals surface area contributed by atoms with E-state index in [1.807, 2.05) is 9.80 Å². The van der Waals surface area contributed by atoms with Crippen LogP contribution in [0, 0.1) is 5.41 Å². The standard InChI is InChI=1S/C14H25N3O3/c1-3-14(4-5-15-11-14)13(19)17-8-6-16(7-9-17)10-12(18)20-2/h15H,3-11H2,1-2H3. The van der Waals surface area contributed by atoms with E-state index in [2.05, 4.69) is 17.0 Å². The molecule has 2 fully saturated rings. The summed E-state index contributed by atoms with van der Waals surface area (Å²) in [6, 6.07) is 0. The molecule has 0 radical (unpaired) electrons. The molecule has 2 saturated heterocycles. The monoisotopic (exact) mass is 283 g/mol. The van der Waals surface area contributed by atoms with Crippen molar-refractivity contribution < 1.29 is 14.3 Å². The smallest absolute Gasteiger partial charge is 0.319 e. The Morgan fingerprint density at radius 3 is 2.45 bits per heavy atom.